The smallest absolute Gasteiger partial charge is 0.323 e. The summed E-state index contributed by atoms with van der Waals surface area (Å²) in [6.45, 7) is 0. The minimum Gasteiger partial charge on any atom is -0.468 e. The molecule has 2 aromatic carbocycles. The first-order valence-corrected chi connectivity index (χ1v) is 7.84. The van der Waals surface area contributed by atoms with E-state index in [0.717, 1.165) is 11.5 Å². The number of methoxy groups -OCH3 is 1. The zero-order chi connectivity index (χ0) is 13.9. The Kier molecular flexibility index (Phi) is 3.94. The van der Waals surface area contributed by atoms with E-state index < -0.39 is 0 Å². The molecule has 0 amide bonds. The number of hydrogen-bond donors (Lipinski definition) is 1. The van der Waals surface area contributed by atoms with E-state index in [1.54, 1.807) is 11.8 Å². The van der Waals surface area contributed by atoms with Crippen molar-refractivity contribution in [1.29, 1.82) is 0 Å². The Labute approximate surface area is 122 Å². The minimum absolute atomic E-state index is 0.178. The second kappa shape index (κ2) is 5.85. The Hall–Kier alpha value is -1.52. The molecule has 0 bridgehead atoms. The van der Waals surface area contributed by atoms with Crippen LogP contribution < -0.4 is 5.32 Å². The van der Waals surface area contributed by atoms with Gasteiger partial charge in [0, 0.05) is 17.5 Å². The summed E-state index contributed by atoms with van der Waals surface area (Å²) in [5.74, 6) is 1.57. The average molecular weight is 287 g/mol. The van der Waals surface area contributed by atoms with Crippen molar-refractivity contribution in [2.75, 3.05) is 18.6 Å². The third-order valence-electron chi connectivity index (χ3n) is 3.66. The van der Waals surface area contributed by atoms with Crippen LogP contribution in [0.5, 0.6) is 0 Å². The van der Waals surface area contributed by atoms with Crippen molar-refractivity contribution < 1.29 is 9.53 Å². The molecule has 2 unspecified atom stereocenters. The maximum atomic E-state index is 11.7. The van der Waals surface area contributed by atoms with Gasteiger partial charge in [0.05, 0.1) is 7.11 Å². The zero-order valence-corrected chi connectivity index (χ0v) is 12.2. The molecule has 0 spiro atoms. The van der Waals surface area contributed by atoms with Gasteiger partial charge in [0.1, 0.15) is 6.04 Å². The summed E-state index contributed by atoms with van der Waals surface area (Å²) in [7, 11) is 1.44. The number of benzene rings is 2. The van der Waals surface area contributed by atoms with Crippen LogP contribution in [-0.4, -0.2) is 30.6 Å². The van der Waals surface area contributed by atoms with Crippen LogP contribution in [0.25, 0.3) is 10.8 Å². The lowest BCUT2D eigenvalue weighted by atomic mass is 9.99. The van der Waals surface area contributed by atoms with Crippen molar-refractivity contribution in [2.45, 2.75) is 12.1 Å². The predicted octanol–water partition coefficient (Wildman–Crippen LogP) is 2.76. The molecule has 2 aromatic rings. The summed E-state index contributed by atoms with van der Waals surface area (Å²) in [4.78, 5) is 11.7. The number of carbonyl (C=O) groups excluding carboxylic acids is 1. The number of nitrogens with one attached hydrogen (secondary N) is 1. The first-order chi connectivity index (χ1) is 9.79. The molecule has 1 aliphatic heterocycles. The molecule has 1 fully saturated rings. The molecule has 4 heteroatoms. The fourth-order valence-corrected chi connectivity index (χ4v) is 3.77. The van der Waals surface area contributed by atoms with Crippen molar-refractivity contribution in [3.05, 3.63) is 48.0 Å². The highest BCUT2D eigenvalue weighted by Crippen LogP contribution is 2.30. The highest BCUT2D eigenvalue weighted by Gasteiger charge is 2.28. The summed E-state index contributed by atoms with van der Waals surface area (Å²) < 4.78 is 4.85. The van der Waals surface area contributed by atoms with Gasteiger partial charge in [0.15, 0.2) is 0 Å². The lowest BCUT2D eigenvalue weighted by molar-refractivity contribution is -0.142. The molecule has 1 aliphatic rings. The van der Waals surface area contributed by atoms with Gasteiger partial charge in [-0.05, 0) is 16.3 Å². The molecule has 3 nitrogen and oxygen atoms in total. The molecule has 0 aliphatic carbocycles. The quantitative estimate of drug-likeness (QED) is 0.862. The molecule has 0 saturated carbocycles. The number of rotatable bonds is 2. The van der Waals surface area contributed by atoms with Crippen molar-refractivity contribution in [2.24, 2.45) is 0 Å². The summed E-state index contributed by atoms with van der Waals surface area (Å²) in [5, 5.41) is 5.90. The van der Waals surface area contributed by atoms with Gasteiger partial charge in [-0.15, -0.1) is 0 Å². The second-order valence-electron chi connectivity index (χ2n) is 4.90. The molecule has 20 heavy (non-hydrogen) atoms. The Morgan fingerprint density at radius 3 is 2.85 bits per heavy atom. The summed E-state index contributed by atoms with van der Waals surface area (Å²) in [5.41, 5.74) is 1.25. The predicted molar refractivity (Wildman–Crippen MR) is 83.0 cm³/mol. The van der Waals surface area contributed by atoms with Crippen LogP contribution >= 0.6 is 11.8 Å². The molecule has 0 aromatic heterocycles. The van der Waals surface area contributed by atoms with Gasteiger partial charge < -0.3 is 4.74 Å². The second-order valence-corrected chi connectivity index (χ2v) is 5.98. The Balaban J connectivity index is 1.92. The minimum atomic E-state index is -0.220. The van der Waals surface area contributed by atoms with Crippen LogP contribution in [0.2, 0.25) is 0 Å². The largest absolute Gasteiger partial charge is 0.468 e. The van der Waals surface area contributed by atoms with Gasteiger partial charge in [-0.3, -0.25) is 10.1 Å². The lowest BCUT2D eigenvalue weighted by Crippen LogP contribution is -2.45. The van der Waals surface area contributed by atoms with Gasteiger partial charge in [0.25, 0.3) is 0 Å². The zero-order valence-electron chi connectivity index (χ0n) is 11.3. The van der Waals surface area contributed by atoms with Gasteiger partial charge in [0.2, 0.25) is 0 Å². The van der Waals surface area contributed by atoms with E-state index in [1.165, 1.54) is 23.4 Å². The van der Waals surface area contributed by atoms with E-state index in [1.807, 2.05) is 6.07 Å². The number of fused-ring (bicyclic) bond motifs is 1. The van der Waals surface area contributed by atoms with Crippen LogP contribution in [0.15, 0.2) is 42.5 Å². The number of carbonyl (C=O) groups is 1. The first kappa shape index (κ1) is 13.5. The van der Waals surface area contributed by atoms with Crippen molar-refractivity contribution in [3.63, 3.8) is 0 Å². The number of esters is 1. The molecular weight excluding hydrogens is 270 g/mol. The van der Waals surface area contributed by atoms with E-state index in [0.29, 0.717) is 0 Å². The molecule has 104 valence electrons. The summed E-state index contributed by atoms with van der Waals surface area (Å²) in [6, 6.07) is 14.7. The van der Waals surface area contributed by atoms with Crippen LogP contribution in [0.1, 0.15) is 11.6 Å². The third-order valence-corrected chi connectivity index (χ3v) is 4.79. The van der Waals surface area contributed by atoms with Gasteiger partial charge in [-0.1, -0.05) is 42.5 Å². The molecule has 1 heterocycles. The van der Waals surface area contributed by atoms with Gasteiger partial charge in [-0.2, -0.15) is 11.8 Å². The van der Waals surface area contributed by atoms with E-state index in [9.17, 15) is 4.79 Å². The standard InChI is InChI=1S/C16H17NO2S/c1-19-16(18)15-10-20-9-14(17-15)13-8-4-6-11-5-2-3-7-12(11)13/h2-8,14-15,17H,9-10H2,1H3. The monoisotopic (exact) mass is 287 g/mol. The normalized spacial score (nSPS) is 22.6. The summed E-state index contributed by atoms with van der Waals surface area (Å²) >= 11 is 1.79. The maximum Gasteiger partial charge on any atom is 0.323 e. The van der Waals surface area contributed by atoms with Crippen LogP contribution in [0.3, 0.4) is 0 Å². The molecule has 2 atom stereocenters. The highest BCUT2D eigenvalue weighted by atomic mass is 32.2. The Morgan fingerprint density at radius 1 is 1.20 bits per heavy atom. The molecule has 3 rings (SSSR count). The average Bonchev–Trinajstić information content (AvgIpc) is 2.53. The fourth-order valence-electron chi connectivity index (χ4n) is 2.66. The van der Waals surface area contributed by atoms with Crippen molar-refractivity contribution in [1.82, 2.24) is 5.32 Å². The molecule has 1 N–H and O–H groups in total. The van der Waals surface area contributed by atoms with Crippen molar-refractivity contribution >= 4 is 28.5 Å². The topological polar surface area (TPSA) is 38.3 Å². The third kappa shape index (κ3) is 2.53. The molecular formula is C16H17NO2S. The van der Waals surface area contributed by atoms with Gasteiger partial charge in [-0.25, -0.2) is 0 Å². The van der Waals surface area contributed by atoms with E-state index in [4.69, 9.17) is 4.74 Å². The van der Waals surface area contributed by atoms with Crippen LogP contribution in [0.4, 0.5) is 0 Å². The highest BCUT2D eigenvalue weighted by molar-refractivity contribution is 7.99. The summed E-state index contributed by atoms with van der Waals surface area (Å²) in [6.07, 6.45) is 0. The SMILES string of the molecule is COC(=O)C1CSCC(c2cccc3ccccc23)N1. The Morgan fingerprint density at radius 2 is 2.00 bits per heavy atom. The molecule has 1 saturated heterocycles. The Bertz CT molecular complexity index is 623. The van der Waals surface area contributed by atoms with Crippen LogP contribution in [-0.2, 0) is 9.53 Å². The maximum absolute atomic E-state index is 11.7. The van der Waals surface area contributed by atoms with E-state index >= 15 is 0 Å². The lowest BCUT2D eigenvalue weighted by Gasteiger charge is -2.30. The number of hydrogen-bond acceptors (Lipinski definition) is 4. The fraction of sp³-hybridized carbons (Fsp3) is 0.312. The van der Waals surface area contributed by atoms with E-state index in [2.05, 4.69) is 41.7 Å². The van der Waals surface area contributed by atoms with Crippen LogP contribution in [0, 0.1) is 0 Å². The van der Waals surface area contributed by atoms with E-state index in [-0.39, 0.29) is 18.1 Å². The number of ether oxygens (including phenoxy) is 1. The van der Waals surface area contributed by atoms with Crippen molar-refractivity contribution in [3.8, 4) is 0 Å². The molecule has 0 radical (unpaired) electrons. The van der Waals surface area contributed by atoms with Gasteiger partial charge >= 0.3 is 5.97 Å². The number of thioether (sulfide) groups is 1. The first-order valence-electron chi connectivity index (χ1n) is 6.69.